The van der Waals surface area contributed by atoms with E-state index in [2.05, 4.69) is 20.2 Å². The number of pyridine rings is 1. The van der Waals surface area contributed by atoms with Gasteiger partial charge in [-0.05, 0) is 56.1 Å². The SMILES string of the molecule is Cc1cc(C#N)cc(O)c1-c1ccc2oc(N[C@@H]3CCCN(CCO)C3)nc2n1. The van der Waals surface area contributed by atoms with Gasteiger partial charge in [0.15, 0.2) is 5.58 Å². The first-order chi connectivity index (χ1) is 14.1. The van der Waals surface area contributed by atoms with Gasteiger partial charge in [0.2, 0.25) is 5.65 Å². The number of hydrogen-bond donors (Lipinski definition) is 3. The predicted octanol–water partition coefficient (Wildman–Crippen LogP) is 2.64. The summed E-state index contributed by atoms with van der Waals surface area (Å²) in [7, 11) is 0. The third kappa shape index (κ3) is 4.01. The molecule has 0 aliphatic carbocycles. The molecular formula is C21H23N5O3. The highest BCUT2D eigenvalue weighted by atomic mass is 16.4. The summed E-state index contributed by atoms with van der Waals surface area (Å²) in [5.74, 6) is 0.0152. The minimum atomic E-state index is 0.0152. The first-order valence-electron chi connectivity index (χ1n) is 9.69. The predicted molar refractivity (Wildman–Crippen MR) is 109 cm³/mol. The Bertz CT molecular complexity index is 1050. The minimum absolute atomic E-state index is 0.0152. The number of phenolic OH excluding ortho intramolecular Hbond substituents is 1. The second-order valence-electron chi connectivity index (χ2n) is 7.34. The number of hydrogen-bond acceptors (Lipinski definition) is 8. The average molecular weight is 393 g/mol. The zero-order valence-corrected chi connectivity index (χ0v) is 16.2. The Morgan fingerprint density at radius 3 is 2.97 bits per heavy atom. The third-order valence-electron chi connectivity index (χ3n) is 5.20. The van der Waals surface area contributed by atoms with Crippen LogP contribution < -0.4 is 5.32 Å². The van der Waals surface area contributed by atoms with Crippen LogP contribution in [0.15, 0.2) is 28.7 Å². The van der Waals surface area contributed by atoms with E-state index in [1.807, 2.05) is 13.0 Å². The molecule has 0 spiro atoms. The molecule has 3 N–H and O–H groups in total. The van der Waals surface area contributed by atoms with Crippen LogP contribution >= 0.6 is 0 Å². The number of oxazole rings is 1. The van der Waals surface area contributed by atoms with Crippen LogP contribution in [0.5, 0.6) is 5.75 Å². The van der Waals surface area contributed by atoms with Crippen molar-refractivity contribution in [2.24, 2.45) is 0 Å². The van der Waals surface area contributed by atoms with Gasteiger partial charge in [0.25, 0.3) is 6.01 Å². The lowest BCUT2D eigenvalue weighted by atomic mass is 10.0. The number of anilines is 1. The molecule has 0 bridgehead atoms. The van der Waals surface area contributed by atoms with Gasteiger partial charge in [0.05, 0.1) is 23.9 Å². The lowest BCUT2D eigenvalue weighted by Gasteiger charge is -2.32. The number of aliphatic hydroxyl groups is 1. The number of β-amino-alcohol motifs (C(OH)–C–C–N with tert-alkyl or cyclic N) is 1. The fourth-order valence-corrected chi connectivity index (χ4v) is 3.88. The van der Waals surface area contributed by atoms with E-state index in [-0.39, 0.29) is 18.4 Å². The quantitative estimate of drug-likeness (QED) is 0.605. The molecule has 0 saturated carbocycles. The monoisotopic (exact) mass is 393 g/mol. The second kappa shape index (κ2) is 8.07. The molecule has 1 atom stereocenters. The van der Waals surface area contributed by atoms with Gasteiger partial charge in [-0.3, -0.25) is 4.90 Å². The number of nitrogens with one attached hydrogen (secondary N) is 1. The van der Waals surface area contributed by atoms with Gasteiger partial charge in [0, 0.05) is 24.7 Å². The summed E-state index contributed by atoms with van der Waals surface area (Å²) in [6.07, 6.45) is 2.06. The van der Waals surface area contributed by atoms with Gasteiger partial charge < -0.3 is 19.9 Å². The molecule has 0 radical (unpaired) electrons. The lowest BCUT2D eigenvalue weighted by molar-refractivity contribution is 0.166. The standard InChI is InChI=1S/C21H23N5O3/c1-13-9-14(11-22)10-17(28)19(13)16-4-5-18-20(24-16)25-21(29-18)23-15-3-2-6-26(12-15)7-8-27/h4-5,9-10,15,27-28H,2-3,6-8,12H2,1H3,(H,23,24,25)/t15-/m1/s1. The largest absolute Gasteiger partial charge is 0.507 e. The summed E-state index contributed by atoms with van der Waals surface area (Å²) in [6, 6.07) is 9.37. The van der Waals surface area contributed by atoms with Gasteiger partial charge >= 0.3 is 0 Å². The highest BCUT2D eigenvalue weighted by Crippen LogP contribution is 2.33. The van der Waals surface area contributed by atoms with Gasteiger partial charge in [0.1, 0.15) is 5.75 Å². The normalized spacial score (nSPS) is 17.3. The molecule has 2 aromatic heterocycles. The Kier molecular flexibility index (Phi) is 5.34. The van der Waals surface area contributed by atoms with E-state index in [4.69, 9.17) is 14.8 Å². The molecule has 1 aliphatic rings. The van der Waals surface area contributed by atoms with Crippen molar-refractivity contribution in [3.05, 3.63) is 35.4 Å². The van der Waals surface area contributed by atoms with E-state index < -0.39 is 0 Å². The van der Waals surface area contributed by atoms with Crippen molar-refractivity contribution in [1.29, 1.82) is 5.26 Å². The van der Waals surface area contributed by atoms with Crippen LogP contribution in [0.1, 0.15) is 24.0 Å². The van der Waals surface area contributed by atoms with E-state index in [0.29, 0.717) is 40.6 Å². The molecule has 29 heavy (non-hydrogen) atoms. The van der Waals surface area contributed by atoms with Crippen molar-refractivity contribution in [3.8, 4) is 23.1 Å². The summed E-state index contributed by atoms with van der Waals surface area (Å²) in [4.78, 5) is 11.2. The zero-order valence-electron chi connectivity index (χ0n) is 16.2. The minimum Gasteiger partial charge on any atom is -0.507 e. The van der Waals surface area contributed by atoms with E-state index in [1.54, 1.807) is 18.2 Å². The van der Waals surface area contributed by atoms with Crippen LogP contribution in [0.2, 0.25) is 0 Å². The molecular weight excluding hydrogens is 370 g/mol. The molecule has 0 unspecified atom stereocenters. The number of phenols is 1. The Morgan fingerprint density at radius 1 is 1.34 bits per heavy atom. The second-order valence-corrected chi connectivity index (χ2v) is 7.34. The number of nitriles is 1. The van der Waals surface area contributed by atoms with E-state index >= 15 is 0 Å². The highest BCUT2D eigenvalue weighted by molar-refractivity contribution is 5.78. The maximum absolute atomic E-state index is 10.3. The smallest absolute Gasteiger partial charge is 0.297 e. The summed E-state index contributed by atoms with van der Waals surface area (Å²) < 4.78 is 5.80. The van der Waals surface area contributed by atoms with Crippen molar-refractivity contribution in [2.75, 3.05) is 31.6 Å². The average Bonchev–Trinajstić information content (AvgIpc) is 3.09. The van der Waals surface area contributed by atoms with Crippen LogP contribution in [-0.2, 0) is 0 Å². The van der Waals surface area contributed by atoms with Crippen molar-refractivity contribution in [3.63, 3.8) is 0 Å². The Balaban J connectivity index is 1.58. The maximum atomic E-state index is 10.3. The number of nitrogens with zero attached hydrogens (tertiary/aromatic N) is 4. The first kappa shape index (κ1) is 19.2. The molecule has 0 amide bonds. The van der Waals surface area contributed by atoms with Crippen LogP contribution in [0.25, 0.3) is 22.5 Å². The number of likely N-dealkylation sites (tertiary alicyclic amines) is 1. The third-order valence-corrected chi connectivity index (χ3v) is 5.20. The maximum Gasteiger partial charge on any atom is 0.297 e. The summed E-state index contributed by atoms with van der Waals surface area (Å²) in [5, 5.41) is 31.9. The van der Waals surface area contributed by atoms with Crippen LogP contribution in [-0.4, -0.2) is 57.4 Å². The molecule has 3 heterocycles. The number of aromatic nitrogens is 2. The summed E-state index contributed by atoms with van der Waals surface area (Å²) in [5.41, 5.74) is 3.34. The van der Waals surface area contributed by atoms with E-state index in [1.165, 1.54) is 6.07 Å². The van der Waals surface area contributed by atoms with Crippen molar-refractivity contribution < 1.29 is 14.6 Å². The van der Waals surface area contributed by atoms with Crippen LogP contribution in [0, 0.1) is 18.3 Å². The molecule has 150 valence electrons. The van der Waals surface area contributed by atoms with Gasteiger partial charge in [-0.15, -0.1) is 0 Å². The van der Waals surface area contributed by atoms with Crippen molar-refractivity contribution in [2.45, 2.75) is 25.8 Å². The Morgan fingerprint density at radius 2 is 2.21 bits per heavy atom. The van der Waals surface area contributed by atoms with Crippen LogP contribution in [0.4, 0.5) is 6.01 Å². The molecule has 1 aromatic carbocycles. The number of benzene rings is 1. The van der Waals surface area contributed by atoms with Crippen molar-refractivity contribution >= 4 is 17.2 Å². The summed E-state index contributed by atoms with van der Waals surface area (Å²) >= 11 is 0. The molecule has 1 saturated heterocycles. The van der Waals surface area contributed by atoms with E-state index in [9.17, 15) is 5.11 Å². The number of piperidine rings is 1. The molecule has 1 fully saturated rings. The molecule has 8 heteroatoms. The van der Waals surface area contributed by atoms with E-state index in [0.717, 1.165) is 31.5 Å². The Hall–Kier alpha value is -3.15. The first-order valence-corrected chi connectivity index (χ1v) is 9.69. The number of aliphatic hydroxyl groups excluding tert-OH is 1. The summed E-state index contributed by atoms with van der Waals surface area (Å²) in [6.45, 7) is 4.48. The van der Waals surface area contributed by atoms with Gasteiger partial charge in [-0.2, -0.15) is 10.2 Å². The molecule has 4 rings (SSSR count). The molecule has 8 nitrogen and oxygen atoms in total. The number of aromatic hydroxyl groups is 1. The topological polar surface area (TPSA) is 118 Å². The number of rotatable bonds is 5. The number of aryl methyl sites for hydroxylation is 1. The van der Waals surface area contributed by atoms with Crippen molar-refractivity contribution in [1.82, 2.24) is 14.9 Å². The number of fused-ring (bicyclic) bond motifs is 1. The van der Waals surface area contributed by atoms with Gasteiger partial charge in [-0.25, -0.2) is 4.98 Å². The Labute approximate surface area is 168 Å². The molecule has 3 aromatic rings. The fourth-order valence-electron chi connectivity index (χ4n) is 3.88. The fraction of sp³-hybridized carbons (Fsp3) is 0.381. The van der Waals surface area contributed by atoms with Gasteiger partial charge in [-0.1, -0.05) is 0 Å². The highest BCUT2D eigenvalue weighted by Gasteiger charge is 2.21. The molecule has 1 aliphatic heterocycles. The zero-order chi connectivity index (χ0) is 20.4. The van der Waals surface area contributed by atoms with Crippen LogP contribution in [0.3, 0.4) is 0 Å². The lowest BCUT2D eigenvalue weighted by Crippen LogP contribution is -2.43.